The molecule has 0 saturated carbocycles. The average molecular weight is 933 g/mol. The van der Waals surface area contributed by atoms with E-state index < -0.39 is 25.5 Å². The van der Waals surface area contributed by atoms with Crippen molar-refractivity contribution >= 4 is 34.1 Å². The molecule has 0 saturated heterocycles. The summed E-state index contributed by atoms with van der Waals surface area (Å²) in [6.45, 7) is 9.20. The highest BCUT2D eigenvalue weighted by molar-refractivity contribution is 5.89. The molecular weight excluding hydrogens is 869 g/mol. The SMILES string of the molecule is [2H]C1([2H])c2ccc(-c3ccc(N(c4ccc(-c5ccc(N(c6ccc(-c7ccc8c(c7)C([2H])([2H])C8([2H])[2H])cc6)c6ccc7c(c6)C(C)(C)c6ccccc6-7)cc5)cc4)c4ccc5c(c4)C(C)(C)c4ccccc4-5)cc3)cc2C1([2H])[2H]. The highest BCUT2D eigenvalue weighted by Gasteiger charge is 2.37. The Labute approximate surface area is 435 Å². The van der Waals surface area contributed by atoms with Crippen LogP contribution in [0.5, 0.6) is 0 Å². The molecule has 4 aliphatic carbocycles. The Bertz CT molecular complexity index is 3910. The van der Waals surface area contributed by atoms with Crippen LogP contribution >= 0.6 is 0 Å². The number of fused-ring (bicyclic) bond motifs is 8. The zero-order valence-electron chi connectivity index (χ0n) is 48.7. The fraction of sp³-hybridized carbons (Fsp3) is 0.143. The van der Waals surface area contributed by atoms with E-state index in [9.17, 15) is 0 Å². The van der Waals surface area contributed by atoms with Gasteiger partial charge in [-0.2, -0.15) is 0 Å². The van der Waals surface area contributed by atoms with Crippen molar-refractivity contribution in [2.24, 2.45) is 0 Å². The number of anilines is 6. The van der Waals surface area contributed by atoms with Gasteiger partial charge in [-0.3, -0.25) is 0 Å². The summed E-state index contributed by atoms with van der Waals surface area (Å²) in [5.41, 5.74) is 23.0. The van der Waals surface area contributed by atoms with E-state index in [1.165, 1.54) is 44.5 Å². The molecule has 0 bridgehead atoms. The van der Waals surface area contributed by atoms with Gasteiger partial charge in [0.1, 0.15) is 0 Å². The van der Waals surface area contributed by atoms with Gasteiger partial charge in [0.25, 0.3) is 0 Å². The minimum atomic E-state index is -2.05. The molecule has 2 nitrogen and oxygen atoms in total. The van der Waals surface area contributed by atoms with Gasteiger partial charge in [0, 0.05) is 55.9 Å². The van der Waals surface area contributed by atoms with Gasteiger partial charge in [-0.05, 0) is 198 Å². The standard InChI is InChI=1S/C70H56N2/c1-69(2)65-11-7-5-9-61(65)63-39-37-59(43-67(63)69)71(57-33-25-49(26-34-57)53-19-15-47-13-17-51(47)41-53)55-29-21-45(22-30-55)46-23-31-56(32-24-46)72(58-35-27-50(28-36-58)54-20-16-48-14-18-52(48)42-54)60-38-40-64-62-10-6-8-12-66(62)70(3,4)68(64)44-60/h5-12,15-16,19-44H,13-14,17-18H2,1-4H3/i13D2,14D2,17D2,18D2. The van der Waals surface area contributed by atoms with E-state index in [4.69, 9.17) is 11.0 Å². The molecule has 0 unspecified atom stereocenters. The highest BCUT2D eigenvalue weighted by atomic mass is 15.1. The monoisotopic (exact) mass is 932 g/mol. The number of benzene rings is 10. The van der Waals surface area contributed by atoms with Crippen molar-refractivity contribution in [3.63, 3.8) is 0 Å². The van der Waals surface area contributed by atoms with Crippen LogP contribution in [-0.4, -0.2) is 0 Å². The number of nitrogens with zero attached hydrogens (tertiary/aromatic N) is 2. The summed E-state index contributed by atoms with van der Waals surface area (Å²) < 4.78 is 66.9. The van der Waals surface area contributed by atoms with Crippen LogP contribution < -0.4 is 9.80 Å². The Morgan fingerprint density at radius 3 is 0.944 bits per heavy atom. The van der Waals surface area contributed by atoms with Gasteiger partial charge in [0.2, 0.25) is 0 Å². The molecule has 72 heavy (non-hydrogen) atoms. The van der Waals surface area contributed by atoms with Crippen molar-refractivity contribution in [2.75, 3.05) is 9.80 Å². The molecule has 0 spiro atoms. The third-order valence-electron chi connectivity index (χ3n) is 15.9. The second kappa shape index (κ2) is 16.2. The number of hydrogen-bond acceptors (Lipinski definition) is 2. The third-order valence-corrected chi connectivity index (χ3v) is 15.9. The molecule has 0 radical (unpaired) electrons. The summed E-state index contributed by atoms with van der Waals surface area (Å²) >= 11 is 0. The Balaban J connectivity index is 0.809. The lowest BCUT2D eigenvalue weighted by Crippen LogP contribution is -2.16. The first-order valence-corrected chi connectivity index (χ1v) is 25.0. The largest absolute Gasteiger partial charge is 0.310 e. The maximum atomic E-state index is 8.45. The first-order valence-electron chi connectivity index (χ1n) is 29.0. The van der Waals surface area contributed by atoms with E-state index >= 15 is 0 Å². The zero-order valence-corrected chi connectivity index (χ0v) is 40.7. The molecule has 0 aliphatic heterocycles. The minimum Gasteiger partial charge on any atom is -0.310 e. The van der Waals surface area contributed by atoms with Crippen LogP contribution in [0, 0.1) is 0 Å². The van der Waals surface area contributed by atoms with Crippen LogP contribution in [0.15, 0.2) is 218 Å². The molecule has 346 valence electrons. The van der Waals surface area contributed by atoms with Crippen LogP contribution in [0.1, 0.15) is 83.2 Å². The molecule has 0 amide bonds. The molecule has 0 atom stereocenters. The Kier molecular flexibility index (Phi) is 7.86. The summed E-state index contributed by atoms with van der Waals surface area (Å²) in [7, 11) is 0. The molecule has 0 aromatic heterocycles. The molecular formula is C70H56N2. The fourth-order valence-corrected chi connectivity index (χ4v) is 11.8. The fourth-order valence-electron chi connectivity index (χ4n) is 11.8. The van der Waals surface area contributed by atoms with Gasteiger partial charge in [-0.1, -0.05) is 173 Å². The third kappa shape index (κ3) is 6.76. The van der Waals surface area contributed by atoms with Crippen LogP contribution in [-0.2, 0) is 36.3 Å². The number of aryl methyl sites for hydroxylation is 4. The van der Waals surface area contributed by atoms with Crippen molar-refractivity contribution in [2.45, 2.75) is 64.0 Å². The van der Waals surface area contributed by atoms with Crippen LogP contribution in [0.4, 0.5) is 34.1 Å². The van der Waals surface area contributed by atoms with Gasteiger partial charge in [-0.25, -0.2) is 0 Å². The Morgan fingerprint density at radius 1 is 0.278 bits per heavy atom. The van der Waals surface area contributed by atoms with E-state index in [1.807, 2.05) is 12.1 Å². The quantitative estimate of drug-likeness (QED) is 0.142. The van der Waals surface area contributed by atoms with E-state index in [1.54, 1.807) is 24.3 Å². The van der Waals surface area contributed by atoms with E-state index in [-0.39, 0.29) is 10.8 Å². The molecule has 14 rings (SSSR count). The van der Waals surface area contributed by atoms with Crippen LogP contribution in [0.3, 0.4) is 0 Å². The number of rotatable bonds is 9. The topological polar surface area (TPSA) is 6.48 Å². The van der Waals surface area contributed by atoms with Crippen LogP contribution in [0.2, 0.25) is 0 Å². The van der Waals surface area contributed by atoms with Gasteiger partial charge >= 0.3 is 0 Å². The molecule has 0 heterocycles. The normalized spacial score (nSPS) is 19.1. The molecule has 0 N–H and O–H groups in total. The highest BCUT2D eigenvalue weighted by Crippen LogP contribution is 2.53. The smallest absolute Gasteiger partial charge is 0.0465 e. The van der Waals surface area contributed by atoms with Gasteiger partial charge in [-0.15, -0.1) is 0 Å². The lowest BCUT2D eigenvalue weighted by molar-refractivity contribution is 0.660. The molecule has 2 heteroatoms. The lowest BCUT2D eigenvalue weighted by Gasteiger charge is -2.29. The maximum absolute atomic E-state index is 8.45. The second-order valence-electron chi connectivity index (χ2n) is 20.7. The van der Waals surface area contributed by atoms with Gasteiger partial charge < -0.3 is 9.80 Å². The molecule has 10 aromatic carbocycles. The summed E-state index contributed by atoms with van der Waals surface area (Å²) in [6, 6.07) is 75.9. The van der Waals surface area contributed by atoms with Crippen molar-refractivity contribution in [1.29, 1.82) is 0 Å². The first kappa shape index (κ1) is 35.0. The predicted molar refractivity (Wildman–Crippen MR) is 302 cm³/mol. The summed E-state index contributed by atoms with van der Waals surface area (Å²) in [6.07, 6.45) is -8.13. The van der Waals surface area contributed by atoms with Crippen LogP contribution in [0.25, 0.3) is 55.6 Å². The molecule has 4 aliphatic rings. The summed E-state index contributed by atoms with van der Waals surface area (Å²) in [5, 5.41) is 0. The first-order chi connectivity index (χ1) is 38.2. The predicted octanol–water partition coefficient (Wildman–Crippen LogP) is 18.4. The van der Waals surface area contributed by atoms with Gasteiger partial charge in [0.15, 0.2) is 0 Å². The van der Waals surface area contributed by atoms with Crippen molar-refractivity contribution < 1.29 is 11.0 Å². The summed E-state index contributed by atoms with van der Waals surface area (Å²) in [5.74, 6) is 0. The zero-order chi connectivity index (χ0) is 55.5. The summed E-state index contributed by atoms with van der Waals surface area (Å²) in [4.78, 5) is 4.59. The second-order valence-corrected chi connectivity index (χ2v) is 20.7. The molecule has 0 fully saturated rings. The lowest BCUT2D eigenvalue weighted by atomic mass is 9.82. The van der Waals surface area contributed by atoms with Crippen molar-refractivity contribution in [1.82, 2.24) is 0 Å². The van der Waals surface area contributed by atoms with E-state index in [2.05, 4.69) is 219 Å². The van der Waals surface area contributed by atoms with Crippen molar-refractivity contribution in [3.8, 4) is 55.6 Å². The number of hydrogen-bond donors (Lipinski definition) is 0. The van der Waals surface area contributed by atoms with E-state index in [0.29, 0.717) is 22.3 Å². The Hall–Kier alpha value is -8.20. The van der Waals surface area contributed by atoms with Gasteiger partial charge in [0.05, 0.1) is 0 Å². The maximum Gasteiger partial charge on any atom is 0.0465 e. The average Bonchev–Trinajstić information content (AvgIpc) is 3.88. The van der Waals surface area contributed by atoms with Crippen molar-refractivity contribution in [3.05, 3.63) is 263 Å². The molecule has 10 aromatic rings. The van der Waals surface area contributed by atoms with E-state index in [0.717, 1.165) is 67.5 Å². The Morgan fingerprint density at radius 2 is 0.569 bits per heavy atom. The minimum absolute atomic E-state index is 0.199.